The van der Waals surface area contributed by atoms with Crippen LogP contribution in [0.4, 0.5) is 0 Å². The van der Waals surface area contributed by atoms with Crippen LogP contribution in [0.3, 0.4) is 0 Å². The van der Waals surface area contributed by atoms with Crippen LogP contribution in [0, 0.1) is 10.5 Å². The monoisotopic (exact) mass is 443 g/mol. The maximum Gasteiger partial charge on any atom is 0.0360 e. The first-order valence-corrected chi connectivity index (χ1v) is 8.71. The van der Waals surface area contributed by atoms with E-state index in [9.17, 15) is 0 Å². The lowest BCUT2D eigenvalue weighted by molar-refractivity contribution is 0.549. The van der Waals surface area contributed by atoms with E-state index < -0.39 is 0 Å². The van der Waals surface area contributed by atoms with E-state index in [1.807, 2.05) is 0 Å². The van der Waals surface area contributed by atoms with Crippen LogP contribution in [0.1, 0.15) is 29.7 Å². The van der Waals surface area contributed by atoms with Gasteiger partial charge >= 0.3 is 0 Å². The second-order valence-electron chi connectivity index (χ2n) is 4.95. The number of benzene rings is 2. The van der Waals surface area contributed by atoms with Crippen molar-refractivity contribution in [2.45, 2.75) is 26.3 Å². The molecule has 3 heteroatoms. The van der Waals surface area contributed by atoms with E-state index in [4.69, 9.17) is 0 Å². The standard InChI is InChI=1S/C17H19BrIN/c1-3-20-17(11-13-4-7-15(19)8-5-13)14-6-9-16(18)12(2)10-14/h4-10,17,20H,3,11H2,1-2H3. The molecule has 0 amide bonds. The summed E-state index contributed by atoms with van der Waals surface area (Å²) in [5.74, 6) is 0. The summed E-state index contributed by atoms with van der Waals surface area (Å²) in [6.07, 6.45) is 1.02. The van der Waals surface area contributed by atoms with Gasteiger partial charge in [-0.05, 0) is 77.4 Å². The van der Waals surface area contributed by atoms with Gasteiger partial charge in [-0.1, -0.05) is 47.1 Å². The molecule has 1 atom stereocenters. The van der Waals surface area contributed by atoms with Crippen LogP contribution < -0.4 is 5.32 Å². The van der Waals surface area contributed by atoms with Gasteiger partial charge in [0.05, 0.1) is 0 Å². The highest BCUT2D eigenvalue weighted by Crippen LogP contribution is 2.24. The van der Waals surface area contributed by atoms with Crippen molar-refractivity contribution in [1.82, 2.24) is 5.32 Å². The number of hydrogen-bond acceptors (Lipinski definition) is 1. The summed E-state index contributed by atoms with van der Waals surface area (Å²) in [6.45, 7) is 5.28. The van der Waals surface area contributed by atoms with E-state index in [0.29, 0.717) is 6.04 Å². The van der Waals surface area contributed by atoms with Crippen LogP contribution in [-0.4, -0.2) is 6.54 Å². The molecule has 0 aliphatic carbocycles. The zero-order valence-electron chi connectivity index (χ0n) is 11.8. The Morgan fingerprint density at radius 2 is 1.85 bits per heavy atom. The first kappa shape index (κ1) is 16.0. The summed E-state index contributed by atoms with van der Waals surface area (Å²) < 4.78 is 2.46. The van der Waals surface area contributed by atoms with Crippen molar-refractivity contribution in [2.24, 2.45) is 0 Å². The van der Waals surface area contributed by atoms with Gasteiger partial charge < -0.3 is 5.32 Å². The van der Waals surface area contributed by atoms with Crippen molar-refractivity contribution in [2.75, 3.05) is 6.54 Å². The molecule has 0 aliphatic heterocycles. The molecule has 0 fully saturated rings. The minimum atomic E-state index is 0.367. The first-order valence-electron chi connectivity index (χ1n) is 6.84. The third kappa shape index (κ3) is 4.30. The van der Waals surface area contributed by atoms with Gasteiger partial charge in [0.15, 0.2) is 0 Å². The van der Waals surface area contributed by atoms with Crippen LogP contribution in [0.25, 0.3) is 0 Å². The third-order valence-corrected chi connectivity index (χ3v) is 5.00. The predicted octanol–water partition coefficient (Wildman–Crippen LogP) is 5.26. The summed E-state index contributed by atoms with van der Waals surface area (Å²) in [4.78, 5) is 0. The summed E-state index contributed by atoms with van der Waals surface area (Å²) in [7, 11) is 0. The Morgan fingerprint density at radius 3 is 2.45 bits per heavy atom. The molecule has 0 aromatic heterocycles. The summed E-state index contributed by atoms with van der Waals surface area (Å²) in [5.41, 5.74) is 4.01. The minimum absolute atomic E-state index is 0.367. The predicted molar refractivity (Wildman–Crippen MR) is 98.2 cm³/mol. The van der Waals surface area contributed by atoms with Gasteiger partial charge in [-0.15, -0.1) is 0 Å². The average molecular weight is 444 g/mol. The average Bonchev–Trinajstić information content (AvgIpc) is 2.44. The first-order chi connectivity index (χ1) is 9.60. The molecular weight excluding hydrogens is 425 g/mol. The van der Waals surface area contributed by atoms with Crippen molar-refractivity contribution in [3.05, 3.63) is 67.2 Å². The van der Waals surface area contributed by atoms with E-state index in [0.717, 1.165) is 13.0 Å². The van der Waals surface area contributed by atoms with E-state index in [1.165, 1.54) is 24.7 Å². The van der Waals surface area contributed by atoms with Crippen molar-refractivity contribution >= 4 is 38.5 Å². The molecule has 2 rings (SSSR count). The molecule has 1 N–H and O–H groups in total. The molecule has 0 spiro atoms. The van der Waals surface area contributed by atoms with Gasteiger partial charge in [0.2, 0.25) is 0 Å². The fraction of sp³-hybridized carbons (Fsp3) is 0.294. The second-order valence-corrected chi connectivity index (χ2v) is 7.05. The molecule has 0 bridgehead atoms. The van der Waals surface area contributed by atoms with E-state index in [2.05, 4.69) is 100 Å². The van der Waals surface area contributed by atoms with Crippen LogP contribution in [0.2, 0.25) is 0 Å². The van der Waals surface area contributed by atoms with Gasteiger partial charge in [0, 0.05) is 14.1 Å². The molecule has 0 saturated heterocycles. The van der Waals surface area contributed by atoms with Gasteiger partial charge in [0.25, 0.3) is 0 Å². The van der Waals surface area contributed by atoms with Gasteiger partial charge in [-0.2, -0.15) is 0 Å². The van der Waals surface area contributed by atoms with Crippen LogP contribution in [0.5, 0.6) is 0 Å². The fourth-order valence-electron chi connectivity index (χ4n) is 2.30. The molecule has 2 aromatic carbocycles. The Balaban J connectivity index is 2.21. The van der Waals surface area contributed by atoms with Crippen LogP contribution in [-0.2, 0) is 6.42 Å². The highest BCUT2D eigenvalue weighted by molar-refractivity contribution is 14.1. The van der Waals surface area contributed by atoms with Crippen LogP contribution >= 0.6 is 38.5 Å². The smallest absolute Gasteiger partial charge is 0.0360 e. The van der Waals surface area contributed by atoms with Crippen molar-refractivity contribution in [3.8, 4) is 0 Å². The van der Waals surface area contributed by atoms with E-state index in [1.54, 1.807) is 0 Å². The lowest BCUT2D eigenvalue weighted by Gasteiger charge is -2.19. The van der Waals surface area contributed by atoms with Gasteiger partial charge in [-0.25, -0.2) is 0 Å². The lowest BCUT2D eigenvalue weighted by Crippen LogP contribution is -2.23. The summed E-state index contributed by atoms with van der Waals surface area (Å²) >= 11 is 5.92. The van der Waals surface area contributed by atoms with Crippen molar-refractivity contribution < 1.29 is 0 Å². The van der Waals surface area contributed by atoms with Crippen molar-refractivity contribution in [3.63, 3.8) is 0 Å². The third-order valence-electron chi connectivity index (χ3n) is 3.39. The SMILES string of the molecule is CCNC(Cc1ccc(I)cc1)c1ccc(Br)c(C)c1. The Hall–Kier alpha value is -0.390. The second kappa shape index (κ2) is 7.57. The Kier molecular flexibility index (Phi) is 6.05. The van der Waals surface area contributed by atoms with Crippen molar-refractivity contribution in [1.29, 1.82) is 0 Å². The molecule has 0 saturated carbocycles. The quantitative estimate of drug-likeness (QED) is 0.622. The molecular formula is C17H19BrIN. The normalized spacial score (nSPS) is 12.4. The number of likely N-dealkylation sites (N-methyl/N-ethyl adjacent to an activating group) is 1. The summed E-state index contributed by atoms with van der Waals surface area (Å²) in [6, 6.07) is 15.8. The van der Waals surface area contributed by atoms with E-state index in [-0.39, 0.29) is 0 Å². The van der Waals surface area contributed by atoms with E-state index >= 15 is 0 Å². The molecule has 1 unspecified atom stereocenters. The largest absolute Gasteiger partial charge is 0.310 e. The Labute approximate surface area is 143 Å². The maximum atomic E-state index is 3.59. The minimum Gasteiger partial charge on any atom is -0.310 e. The Bertz CT molecular complexity index is 566. The van der Waals surface area contributed by atoms with Crippen LogP contribution in [0.15, 0.2) is 46.9 Å². The molecule has 0 aliphatic rings. The lowest BCUT2D eigenvalue weighted by atomic mass is 9.97. The highest BCUT2D eigenvalue weighted by atomic mass is 127. The molecule has 2 aromatic rings. The maximum absolute atomic E-state index is 3.59. The molecule has 0 heterocycles. The zero-order valence-corrected chi connectivity index (χ0v) is 15.5. The molecule has 106 valence electrons. The molecule has 0 radical (unpaired) electrons. The number of rotatable bonds is 5. The highest BCUT2D eigenvalue weighted by Gasteiger charge is 2.12. The Morgan fingerprint density at radius 1 is 1.15 bits per heavy atom. The number of halogens is 2. The number of nitrogens with one attached hydrogen (secondary N) is 1. The fourth-order valence-corrected chi connectivity index (χ4v) is 2.90. The number of hydrogen-bond donors (Lipinski definition) is 1. The molecule has 1 nitrogen and oxygen atoms in total. The molecule has 20 heavy (non-hydrogen) atoms. The van der Waals surface area contributed by atoms with Gasteiger partial charge in [0.1, 0.15) is 0 Å². The zero-order chi connectivity index (χ0) is 14.5. The van der Waals surface area contributed by atoms with Gasteiger partial charge in [-0.3, -0.25) is 0 Å². The summed E-state index contributed by atoms with van der Waals surface area (Å²) in [5, 5.41) is 3.59. The topological polar surface area (TPSA) is 12.0 Å². The number of aryl methyl sites for hydroxylation is 1.